The lowest BCUT2D eigenvalue weighted by atomic mass is 10.3. The highest BCUT2D eigenvalue weighted by atomic mass is 16.5. The number of aliphatic carboxylic acids is 1. The summed E-state index contributed by atoms with van der Waals surface area (Å²) < 4.78 is 4.39. The van der Waals surface area contributed by atoms with E-state index >= 15 is 0 Å². The first-order chi connectivity index (χ1) is 6.18. The minimum atomic E-state index is -1.17. The van der Waals surface area contributed by atoms with Gasteiger partial charge in [-0.05, 0) is 0 Å². The minimum Gasteiger partial charge on any atom is -0.479 e. The zero-order valence-electron chi connectivity index (χ0n) is 6.69. The Morgan fingerprint density at radius 3 is 2.92 bits per heavy atom. The quantitative estimate of drug-likeness (QED) is 0.620. The van der Waals surface area contributed by atoms with E-state index in [1.54, 1.807) is 0 Å². The Morgan fingerprint density at radius 1 is 1.62 bits per heavy atom. The van der Waals surface area contributed by atoms with Crippen molar-refractivity contribution >= 4 is 11.9 Å². The number of carboxylic acids is 1. The molecule has 6 nitrogen and oxygen atoms in total. The second kappa shape index (κ2) is 4.24. The summed E-state index contributed by atoms with van der Waals surface area (Å²) in [6.45, 7) is -0.604. The van der Waals surface area contributed by atoms with E-state index in [9.17, 15) is 9.59 Å². The maximum Gasteiger partial charge on any atom is 0.341 e. The maximum absolute atomic E-state index is 10.9. The van der Waals surface area contributed by atoms with E-state index in [0.717, 1.165) is 0 Å². The smallest absolute Gasteiger partial charge is 0.341 e. The Morgan fingerprint density at radius 2 is 2.38 bits per heavy atom. The number of rotatable bonds is 4. The van der Waals surface area contributed by atoms with Crippen LogP contribution in [-0.4, -0.2) is 33.6 Å². The van der Waals surface area contributed by atoms with Crippen LogP contribution in [0.2, 0.25) is 0 Å². The van der Waals surface area contributed by atoms with Crippen LogP contribution in [0.15, 0.2) is 12.5 Å². The van der Waals surface area contributed by atoms with E-state index in [-0.39, 0.29) is 6.42 Å². The van der Waals surface area contributed by atoms with Crippen molar-refractivity contribution in [2.75, 3.05) is 6.61 Å². The molecule has 6 heteroatoms. The summed E-state index contributed by atoms with van der Waals surface area (Å²) >= 11 is 0. The molecule has 0 aliphatic rings. The van der Waals surface area contributed by atoms with Gasteiger partial charge >= 0.3 is 11.9 Å². The number of aromatic amines is 1. The minimum absolute atomic E-state index is 0.00722. The predicted octanol–water partition coefficient (Wildman–Crippen LogP) is -0.420. The molecule has 1 rings (SSSR count). The zero-order chi connectivity index (χ0) is 9.68. The molecule has 0 saturated carbocycles. The SMILES string of the molecule is O=C(O)COC(=O)Cc1cnc[nH]1. The van der Waals surface area contributed by atoms with E-state index in [0.29, 0.717) is 5.69 Å². The fourth-order valence-electron chi connectivity index (χ4n) is 0.730. The molecule has 0 amide bonds. The van der Waals surface area contributed by atoms with Gasteiger partial charge in [-0.2, -0.15) is 0 Å². The second-order valence-electron chi connectivity index (χ2n) is 2.31. The molecule has 70 valence electrons. The normalized spacial score (nSPS) is 9.54. The molecule has 0 fully saturated rings. The molecule has 0 saturated heterocycles. The Balaban J connectivity index is 2.30. The summed E-state index contributed by atoms with van der Waals surface area (Å²) in [5, 5.41) is 8.19. The first-order valence-corrected chi connectivity index (χ1v) is 3.53. The molecule has 0 aliphatic heterocycles. The molecule has 0 bridgehead atoms. The average molecular weight is 184 g/mol. The van der Waals surface area contributed by atoms with Crippen molar-refractivity contribution in [1.82, 2.24) is 9.97 Å². The van der Waals surface area contributed by atoms with Crippen molar-refractivity contribution in [2.45, 2.75) is 6.42 Å². The molecule has 0 aromatic carbocycles. The number of esters is 1. The molecule has 0 unspecified atom stereocenters. The van der Waals surface area contributed by atoms with Crippen LogP contribution in [0.5, 0.6) is 0 Å². The van der Waals surface area contributed by atoms with E-state index in [2.05, 4.69) is 14.7 Å². The topological polar surface area (TPSA) is 92.3 Å². The largest absolute Gasteiger partial charge is 0.479 e. The van der Waals surface area contributed by atoms with Gasteiger partial charge in [0.1, 0.15) is 0 Å². The van der Waals surface area contributed by atoms with E-state index < -0.39 is 18.5 Å². The number of hydrogen-bond acceptors (Lipinski definition) is 4. The van der Waals surface area contributed by atoms with Gasteiger partial charge in [-0.25, -0.2) is 9.78 Å². The molecule has 0 aliphatic carbocycles. The number of hydrogen-bond donors (Lipinski definition) is 2. The number of ether oxygens (including phenoxy) is 1. The van der Waals surface area contributed by atoms with Crippen LogP contribution in [0.4, 0.5) is 0 Å². The molecule has 0 spiro atoms. The Kier molecular flexibility index (Phi) is 3.02. The Bertz CT molecular complexity index is 293. The standard InChI is InChI=1S/C7H8N2O4/c10-6(11)3-13-7(12)1-5-2-8-4-9-5/h2,4H,1,3H2,(H,8,9)(H,10,11). The lowest BCUT2D eigenvalue weighted by molar-refractivity contribution is -0.154. The van der Waals surface area contributed by atoms with Gasteiger partial charge in [-0.3, -0.25) is 4.79 Å². The van der Waals surface area contributed by atoms with Gasteiger partial charge in [0, 0.05) is 11.9 Å². The number of imidazole rings is 1. The fourth-order valence-corrected chi connectivity index (χ4v) is 0.730. The van der Waals surface area contributed by atoms with Gasteiger partial charge < -0.3 is 14.8 Å². The van der Waals surface area contributed by atoms with Gasteiger partial charge in [-0.15, -0.1) is 0 Å². The van der Waals surface area contributed by atoms with Crippen LogP contribution in [0.25, 0.3) is 0 Å². The van der Waals surface area contributed by atoms with E-state index in [1.165, 1.54) is 12.5 Å². The average Bonchev–Trinajstić information content (AvgIpc) is 2.53. The van der Waals surface area contributed by atoms with Gasteiger partial charge in [0.15, 0.2) is 6.61 Å². The highest BCUT2D eigenvalue weighted by Crippen LogP contribution is 1.94. The molecule has 0 atom stereocenters. The van der Waals surface area contributed by atoms with Crippen LogP contribution in [0, 0.1) is 0 Å². The number of nitrogens with zero attached hydrogens (tertiary/aromatic N) is 1. The molecule has 2 N–H and O–H groups in total. The molecule has 1 aromatic heterocycles. The molecule has 13 heavy (non-hydrogen) atoms. The first-order valence-electron chi connectivity index (χ1n) is 3.53. The van der Waals surface area contributed by atoms with Crippen molar-refractivity contribution in [2.24, 2.45) is 0 Å². The van der Waals surface area contributed by atoms with Crippen LogP contribution in [0.1, 0.15) is 5.69 Å². The van der Waals surface area contributed by atoms with Crippen molar-refractivity contribution in [3.05, 3.63) is 18.2 Å². The van der Waals surface area contributed by atoms with Crippen molar-refractivity contribution in [3.63, 3.8) is 0 Å². The number of carbonyl (C=O) groups is 2. The molecule has 0 radical (unpaired) electrons. The lowest BCUT2D eigenvalue weighted by Crippen LogP contribution is -2.14. The maximum atomic E-state index is 10.9. The highest BCUT2D eigenvalue weighted by Gasteiger charge is 2.07. The first kappa shape index (κ1) is 9.24. The summed E-state index contributed by atoms with van der Waals surface area (Å²) in [7, 11) is 0. The van der Waals surface area contributed by atoms with Gasteiger partial charge in [0.25, 0.3) is 0 Å². The lowest BCUT2D eigenvalue weighted by Gasteiger charge is -1.98. The summed E-state index contributed by atoms with van der Waals surface area (Å²) in [6.07, 6.45) is 2.91. The summed E-state index contributed by atoms with van der Waals surface area (Å²) in [5.41, 5.74) is 0.593. The third kappa shape index (κ3) is 3.37. The molecule has 1 aromatic rings. The van der Waals surface area contributed by atoms with E-state index in [1.807, 2.05) is 0 Å². The van der Waals surface area contributed by atoms with Crippen LogP contribution >= 0.6 is 0 Å². The van der Waals surface area contributed by atoms with Crippen molar-refractivity contribution in [1.29, 1.82) is 0 Å². The summed E-state index contributed by atoms with van der Waals surface area (Å²) in [6, 6.07) is 0. The number of aromatic nitrogens is 2. The van der Waals surface area contributed by atoms with Crippen LogP contribution in [0.3, 0.4) is 0 Å². The Labute approximate surface area is 73.6 Å². The monoisotopic (exact) mass is 184 g/mol. The molecular weight excluding hydrogens is 176 g/mol. The number of H-pyrrole nitrogens is 1. The number of nitrogens with one attached hydrogen (secondary N) is 1. The van der Waals surface area contributed by atoms with Crippen LogP contribution < -0.4 is 0 Å². The van der Waals surface area contributed by atoms with Gasteiger partial charge in [0.2, 0.25) is 0 Å². The third-order valence-corrected chi connectivity index (χ3v) is 1.25. The second-order valence-corrected chi connectivity index (χ2v) is 2.31. The third-order valence-electron chi connectivity index (χ3n) is 1.25. The molecule has 1 heterocycles. The Hall–Kier alpha value is -1.85. The summed E-state index contributed by atoms with van der Waals surface area (Å²) in [5.74, 6) is -1.76. The van der Waals surface area contributed by atoms with Crippen LogP contribution in [-0.2, 0) is 20.7 Å². The number of carboxylic acid groups (broad SMARTS) is 1. The van der Waals surface area contributed by atoms with Crippen molar-refractivity contribution < 1.29 is 19.4 Å². The fraction of sp³-hybridized carbons (Fsp3) is 0.286. The van der Waals surface area contributed by atoms with Gasteiger partial charge in [-0.1, -0.05) is 0 Å². The molecular formula is C7H8N2O4. The van der Waals surface area contributed by atoms with Gasteiger partial charge in [0.05, 0.1) is 12.7 Å². The predicted molar refractivity (Wildman–Crippen MR) is 40.9 cm³/mol. The van der Waals surface area contributed by atoms with Crippen molar-refractivity contribution in [3.8, 4) is 0 Å². The highest BCUT2D eigenvalue weighted by molar-refractivity contribution is 5.76. The summed E-state index contributed by atoms with van der Waals surface area (Å²) in [4.78, 5) is 27.3. The number of carbonyl (C=O) groups excluding carboxylic acids is 1. The van der Waals surface area contributed by atoms with E-state index in [4.69, 9.17) is 5.11 Å². The zero-order valence-corrected chi connectivity index (χ0v) is 6.69.